The average Bonchev–Trinajstić information content (AvgIpc) is 2.44. The summed E-state index contributed by atoms with van der Waals surface area (Å²) in [6.07, 6.45) is 0. The largest absolute Gasteiger partial charge is 0.506 e. The molecule has 0 fully saturated rings. The molecular weight excluding hydrogens is 294 g/mol. The van der Waals surface area contributed by atoms with Crippen LogP contribution in [0.4, 0.5) is 5.69 Å². The SMILES string of the molecule is CC(Sc1ccc(Cl)cc1)C(=O)Nc1ccccc1O. The number of aromatic hydroxyl groups is 1. The quantitative estimate of drug-likeness (QED) is 0.658. The van der Waals surface area contributed by atoms with Crippen LogP contribution in [0.5, 0.6) is 5.75 Å². The third kappa shape index (κ3) is 3.92. The Morgan fingerprint density at radius 1 is 1.20 bits per heavy atom. The number of phenolic OH excluding ortho intramolecular Hbond substituents is 1. The minimum atomic E-state index is -0.282. The first-order valence-corrected chi connectivity index (χ1v) is 7.33. The van der Waals surface area contributed by atoms with E-state index in [2.05, 4.69) is 5.32 Å². The van der Waals surface area contributed by atoms with Gasteiger partial charge >= 0.3 is 0 Å². The van der Waals surface area contributed by atoms with E-state index in [4.69, 9.17) is 11.6 Å². The van der Waals surface area contributed by atoms with Crippen LogP contribution in [0.3, 0.4) is 0 Å². The molecule has 2 rings (SSSR count). The number of thioether (sulfide) groups is 1. The van der Waals surface area contributed by atoms with Crippen molar-refractivity contribution in [3.63, 3.8) is 0 Å². The highest BCUT2D eigenvalue weighted by Crippen LogP contribution is 2.27. The number of carbonyl (C=O) groups excluding carboxylic acids is 1. The number of para-hydroxylation sites is 2. The smallest absolute Gasteiger partial charge is 0.237 e. The molecule has 1 atom stereocenters. The molecule has 0 saturated carbocycles. The molecule has 0 aliphatic rings. The first-order chi connectivity index (χ1) is 9.56. The van der Waals surface area contributed by atoms with Crippen molar-refractivity contribution < 1.29 is 9.90 Å². The van der Waals surface area contributed by atoms with E-state index >= 15 is 0 Å². The average molecular weight is 308 g/mol. The van der Waals surface area contributed by atoms with Crippen LogP contribution in [0.25, 0.3) is 0 Å². The summed E-state index contributed by atoms with van der Waals surface area (Å²) in [4.78, 5) is 13.0. The van der Waals surface area contributed by atoms with Crippen LogP contribution in [0.1, 0.15) is 6.92 Å². The Kier molecular flexibility index (Phi) is 4.93. The number of phenols is 1. The fourth-order valence-corrected chi connectivity index (χ4v) is 2.58. The zero-order valence-electron chi connectivity index (χ0n) is 10.8. The lowest BCUT2D eigenvalue weighted by atomic mass is 10.3. The molecule has 5 heteroatoms. The van der Waals surface area contributed by atoms with Crippen LogP contribution in [0, 0.1) is 0 Å². The first-order valence-electron chi connectivity index (χ1n) is 6.07. The van der Waals surface area contributed by atoms with E-state index in [1.807, 2.05) is 19.1 Å². The zero-order valence-corrected chi connectivity index (χ0v) is 12.4. The molecule has 0 spiro atoms. The maximum absolute atomic E-state index is 12.1. The molecule has 20 heavy (non-hydrogen) atoms. The van der Waals surface area contributed by atoms with Crippen molar-refractivity contribution in [2.45, 2.75) is 17.1 Å². The summed E-state index contributed by atoms with van der Waals surface area (Å²) in [5.74, 6) is -0.101. The second-order valence-corrected chi connectivity index (χ2v) is 6.07. The molecule has 0 saturated heterocycles. The van der Waals surface area contributed by atoms with Crippen LogP contribution in [-0.2, 0) is 4.79 Å². The molecule has 0 aliphatic heterocycles. The van der Waals surface area contributed by atoms with Gasteiger partial charge < -0.3 is 10.4 Å². The van der Waals surface area contributed by atoms with Crippen LogP contribution in [0.15, 0.2) is 53.4 Å². The summed E-state index contributed by atoms with van der Waals surface area (Å²) < 4.78 is 0. The molecule has 0 aromatic heterocycles. The van der Waals surface area contributed by atoms with E-state index in [0.717, 1.165) is 4.90 Å². The number of nitrogens with one attached hydrogen (secondary N) is 1. The molecule has 104 valence electrons. The van der Waals surface area contributed by atoms with Gasteiger partial charge in [-0.25, -0.2) is 0 Å². The van der Waals surface area contributed by atoms with Crippen LogP contribution < -0.4 is 5.32 Å². The summed E-state index contributed by atoms with van der Waals surface area (Å²) in [6.45, 7) is 1.81. The van der Waals surface area contributed by atoms with Gasteiger partial charge in [0.15, 0.2) is 0 Å². The Bertz CT molecular complexity index is 601. The highest BCUT2D eigenvalue weighted by molar-refractivity contribution is 8.00. The number of rotatable bonds is 4. The molecule has 0 bridgehead atoms. The Balaban J connectivity index is 1.99. The van der Waals surface area contributed by atoms with Crippen LogP contribution in [0.2, 0.25) is 5.02 Å². The minimum Gasteiger partial charge on any atom is -0.506 e. The van der Waals surface area contributed by atoms with Gasteiger partial charge in [0, 0.05) is 9.92 Å². The normalized spacial score (nSPS) is 11.9. The summed E-state index contributed by atoms with van der Waals surface area (Å²) in [6, 6.07) is 14.0. The molecule has 1 unspecified atom stereocenters. The third-order valence-electron chi connectivity index (χ3n) is 2.66. The lowest BCUT2D eigenvalue weighted by Gasteiger charge is -2.12. The van der Waals surface area contributed by atoms with Crippen molar-refractivity contribution in [3.05, 3.63) is 53.6 Å². The van der Waals surface area contributed by atoms with Crippen LogP contribution >= 0.6 is 23.4 Å². The molecule has 0 aliphatic carbocycles. The fraction of sp³-hybridized carbons (Fsp3) is 0.133. The number of hydrogen-bond donors (Lipinski definition) is 2. The molecule has 3 nitrogen and oxygen atoms in total. The van der Waals surface area contributed by atoms with Crippen molar-refractivity contribution in [2.24, 2.45) is 0 Å². The number of amides is 1. The topological polar surface area (TPSA) is 49.3 Å². The summed E-state index contributed by atoms with van der Waals surface area (Å²) in [5.41, 5.74) is 0.418. The first kappa shape index (κ1) is 14.8. The highest BCUT2D eigenvalue weighted by atomic mass is 35.5. The molecule has 2 aromatic carbocycles. The molecule has 0 heterocycles. The second kappa shape index (κ2) is 6.68. The lowest BCUT2D eigenvalue weighted by molar-refractivity contribution is -0.115. The third-order valence-corrected chi connectivity index (χ3v) is 4.02. The van der Waals surface area contributed by atoms with Crippen molar-refractivity contribution in [2.75, 3.05) is 5.32 Å². The zero-order chi connectivity index (χ0) is 14.5. The van der Waals surface area contributed by atoms with Gasteiger partial charge in [-0.1, -0.05) is 23.7 Å². The number of benzene rings is 2. The predicted molar refractivity (Wildman–Crippen MR) is 83.5 cm³/mol. The maximum Gasteiger partial charge on any atom is 0.237 e. The van der Waals surface area contributed by atoms with Crippen molar-refractivity contribution in [3.8, 4) is 5.75 Å². The van der Waals surface area contributed by atoms with E-state index in [1.165, 1.54) is 17.8 Å². The van der Waals surface area contributed by atoms with Gasteiger partial charge in [-0.2, -0.15) is 0 Å². The summed E-state index contributed by atoms with van der Waals surface area (Å²) >= 11 is 7.25. The van der Waals surface area contributed by atoms with Gasteiger partial charge in [-0.3, -0.25) is 4.79 Å². The summed E-state index contributed by atoms with van der Waals surface area (Å²) in [7, 11) is 0. The van der Waals surface area contributed by atoms with Gasteiger partial charge in [0.2, 0.25) is 5.91 Å². The monoisotopic (exact) mass is 307 g/mol. The van der Waals surface area contributed by atoms with E-state index in [0.29, 0.717) is 10.7 Å². The standard InChI is InChI=1S/C15H14ClNO2S/c1-10(20-12-8-6-11(16)7-9-12)15(19)17-13-4-2-3-5-14(13)18/h2-10,18H,1H3,(H,17,19). The highest BCUT2D eigenvalue weighted by Gasteiger charge is 2.15. The van der Waals surface area contributed by atoms with Crippen LogP contribution in [-0.4, -0.2) is 16.3 Å². The van der Waals surface area contributed by atoms with Crippen molar-refractivity contribution in [1.29, 1.82) is 0 Å². The Labute approximate surface area is 127 Å². The molecular formula is C15H14ClNO2S. The number of anilines is 1. The lowest BCUT2D eigenvalue weighted by Crippen LogP contribution is -2.22. The molecule has 2 aromatic rings. The fourth-order valence-electron chi connectivity index (χ4n) is 1.58. The predicted octanol–water partition coefficient (Wildman–Crippen LogP) is 4.16. The molecule has 0 radical (unpaired) electrons. The van der Waals surface area contributed by atoms with Gasteiger partial charge in [0.25, 0.3) is 0 Å². The van der Waals surface area contributed by atoms with Gasteiger partial charge in [-0.05, 0) is 43.3 Å². The van der Waals surface area contributed by atoms with E-state index in [9.17, 15) is 9.90 Å². The molecule has 2 N–H and O–H groups in total. The minimum absolute atomic E-state index is 0.0598. The van der Waals surface area contributed by atoms with Crippen molar-refractivity contribution in [1.82, 2.24) is 0 Å². The number of hydrogen-bond acceptors (Lipinski definition) is 3. The van der Waals surface area contributed by atoms with Gasteiger partial charge in [0.1, 0.15) is 5.75 Å². The Hall–Kier alpha value is -1.65. The second-order valence-electron chi connectivity index (χ2n) is 4.22. The van der Waals surface area contributed by atoms with Gasteiger partial charge in [0.05, 0.1) is 10.9 Å². The van der Waals surface area contributed by atoms with Gasteiger partial charge in [-0.15, -0.1) is 11.8 Å². The number of halogens is 1. The van der Waals surface area contributed by atoms with E-state index in [1.54, 1.807) is 30.3 Å². The maximum atomic E-state index is 12.1. The summed E-state index contributed by atoms with van der Waals surface area (Å²) in [5, 5.41) is 12.7. The van der Waals surface area contributed by atoms with Crippen molar-refractivity contribution >= 4 is 35.0 Å². The van der Waals surface area contributed by atoms with E-state index < -0.39 is 0 Å². The Morgan fingerprint density at radius 2 is 1.85 bits per heavy atom. The number of carbonyl (C=O) groups is 1. The molecule has 1 amide bonds. The van der Waals surface area contributed by atoms with E-state index in [-0.39, 0.29) is 16.9 Å². The Morgan fingerprint density at radius 3 is 2.50 bits per heavy atom.